The highest BCUT2D eigenvalue weighted by Gasteiger charge is 2.70. The Morgan fingerprint density at radius 1 is 1.22 bits per heavy atom. The van der Waals surface area contributed by atoms with Crippen LogP contribution >= 0.6 is 0 Å². The van der Waals surface area contributed by atoms with Crippen molar-refractivity contribution in [3.05, 3.63) is 23.8 Å². The van der Waals surface area contributed by atoms with Crippen LogP contribution in [0.25, 0.3) is 0 Å². The van der Waals surface area contributed by atoms with Crippen molar-refractivity contribution in [2.75, 3.05) is 6.61 Å². The monoisotopic (exact) mass is 500 g/mol. The number of Topliss-reactive ketones (excluding diaryl/α,β-unsaturated/α-hetero) is 1. The van der Waals surface area contributed by atoms with Gasteiger partial charge >= 0.3 is 11.9 Å². The van der Waals surface area contributed by atoms with Crippen LogP contribution in [0.5, 0.6) is 0 Å². The molecule has 0 aromatic rings. The van der Waals surface area contributed by atoms with E-state index in [0.717, 1.165) is 18.4 Å². The Balaban J connectivity index is 1.67. The van der Waals surface area contributed by atoms with Gasteiger partial charge in [0.25, 0.3) is 0 Å². The highest BCUT2D eigenvalue weighted by molar-refractivity contribution is 6.01. The maximum Gasteiger partial charge on any atom is 0.306 e. The van der Waals surface area contributed by atoms with Crippen LogP contribution in [-0.4, -0.2) is 46.9 Å². The zero-order valence-corrected chi connectivity index (χ0v) is 22.2. The molecule has 0 aromatic carbocycles. The molecule has 0 saturated heterocycles. The van der Waals surface area contributed by atoms with E-state index in [4.69, 9.17) is 9.47 Å². The van der Waals surface area contributed by atoms with Crippen molar-refractivity contribution in [3.63, 3.8) is 0 Å². The van der Waals surface area contributed by atoms with Crippen molar-refractivity contribution >= 4 is 23.5 Å². The number of allylic oxidation sites excluding steroid dienone is 4. The largest absolute Gasteiger partial charge is 0.457 e. The van der Waals surface area contributed by atoms with E-state index in [2.05, 4.69) is 13.8 Å². The summed E-state index contributed by atoms with van der Waals surface area (Å²) in [6.07, 6.45) is 8.43. The van der Waals surface area contributed by atoms with Gasteiger partial charge in [0, 0.05) is 30.1 Å². The van der Waals surface area contributed by atoms with E-state index in [1.807, 2.05) is 19.9 Å². The number of ether oxygens (including phenoxy) is 2. The molecule has 0 aliphatic heterocycles. The van der Waals surface area contributed by atoms with Gasteiger partial charge in [-0.2, -0.15) is 0 Å². The first-order chi connectivity index (χ1) is 16.9. The van der Waals surface area contributed by atoms with Crippen LogP contribution in [0, 0.1) is 34.5 Å². The Kier molecular flexibility index (Phi) is 7.10. The van der Waals surface area contributed by atoms with E-state index < -0.39 is 46.9 Å². The minimum atomic E-state index is -1.45. The average molecular weight is 501 g/mol. The highest BCUT2D eigenvalue weighted by atomic mass is 16.6. The third-order valence-corrected chi connectivity index (χ3v) is 9.80. The van der Waals surface area contributed by atoms with Crippen LogP contribution in [0.15, 0.2) is 23.8 Å². The Morgan fingerprint density at radius 3 is 2.61 bits per heavy atom. The van der Waals surface area contributed by atoms with Gasteiger partial charge in [-0.25, -0.2) is 0 Å². The fourth-order valence-electron chi connectivity index (χ4n) is 8.32. The lowest BCUT2D eigenvalue weighted by atomic mass is 9.44. The molecule has 0 aromatic heterocycles. The number of carbonyl (C=O) groups excluding carboxylic acids is 4. The number of fused-ring (bicyclic) bond motifs is 5. The zero-order valence-electron chi connectivity index (χ0n) is 22.2. The van der Waals surface area contributed by atoms with Gasteiger partial charge < -0.3 is 14.6 Å². The van der Waals surface area contributed by atoms with Gasteiger partial charge in [0.05, 0.1) is 6.10 Å². The Morgan fingerprint density at radius 2 is 1.94 bits per heavy atom. The molecule has 3 saturated carbocycles. The number of aliphatic hydroxyl groups is 1. The van der Waals surface area contributed by atoms with Crippen LogP contribution in [-0.2, 0) is 28.7 Å². The van der Waals surface area contributed by atoms with Crippen molar-refractivity contribution < 1.29 is 33.8 Å². The van der Waals surface area contributed by atoms with Crippen molar-refractivity contribution in [2.24, 2.45) is 34.5 Å². The van der Waals surface area contributed by atoms with Crippen LogP contribution in [0.3, 0.4) is 0 Å². The number of esters is 2. The number of hydrogen-bond acceptors (Lipinski definition) is 7. The number of unbranched alkanes of at least 4 members (excludes halogenated alkanes) is 1. The van der Waals surface area contributed by atoms with Crippen molar-refractivity contribution in [1.82, 2.24) is 0 Å². The highest BCUT2D eigenvalue weighted by Crippen LogP contribution is 2.68. The summed E-state index contributed by atoms with van der Waals surface area (Å²) in [5.74, 6) is -1.23. The summed E-state index contributed by atoms with van der Waals surface area (Å²) in [4.78, 5) is 50.3. The second-order valence-corrected chi connectivity index (χ2v) is 11.9. The normalized spacial score (nSPS) is 41.0. The van der Waals surface area contributed by atoms with Crippen LogP contribution < -0.4 is 0 Å². The van der Waals surface area contributed by atoms with Crippen LogP contribution in [0.1, 0.15) is 79.6 Å². The average Bonchev–Trinajstić information content (AvgIpc) is 3.09. The van der Waals surface area contributed by atoms with Gasteiger partial charge in [0.1, 0.15) is 0 Å². The third-order valence-electron chi connectivity index (χ3n) is 9.80. The van der Waals surface area contributed by atoms with Crippen LogP contribution in [0.4, 0.5) is 0 Å². The van der Waals surface area contributed by atoms with E-state index in [9.17, 15) is 24.3 Å². The maximum atomic E-state index is 13.7. The number of carbonyl (C=O) groups is 4. The van der Waals surface area contributed by atoms with Crippen molar-refractivity contribution in [3.8, 4) is 0 Å². The summed E-state index contributed by atoms with van der Waals surface area (Å²) >= 11 is 0. The molecule has 0 unspecified atom stereocenters. The molecule has 0 bridgehead atoms. The van der Waals surface area contributed by atoms with Gasteiger partial charge in [0.15, 0.2) is 18.0 Å². The molecule has 0 heterocycles. The molecule has 0 radical (unpaired) electrons. The second kappa shape index (κ2) is 9.55. The van der Waals surface area contributed by atoms with Gasteiger partial charge in [-0.1, -0.05) is 45.8 Å². The summed E-state index contributed by atoms with van der Waals surface area (Å²) in [6, 6.07) is 0. The van der Waals surface area contributed by atoms with Gasteiger partial charge in [-0.15, -0.1) is 0 Å². The third kappa shape index (κ3) is 4.07. The molecule has 0 spiro atoms. The maximum absolute atomic E-state index is 13.7. The van der Waals surface area contributed by atoms with E-state index in [1.54, 1.807) is 12.2 Å². The Labute approximate surface area is 213 Å². The molecule has 4 rings (SSSR count). The predicted molar refractivity (Wildman–Crippen MR) is 133 cm³/mol. The quantitative estimate of drug-likeness (QED) is 0.524. The molecule has 7 heteroatoms. The topological polar surface area (TPSA) is 107 Å². The zero-order chi connectivity index (χ0) is 26.5. The molecule has 36 heavy (non-hydrogen) atoms. The molecular formula is C29H40O7. The van der Waals surface area contributed by atoms with Crippen LogP contribution in [0.2, 0.25) is 0 Å². The summed E-state index contributed by atoms with van der Waals surface area (Å²) in [7, 11) is 0. The van der Waals surface area contributed by atoms with E-state index in [-0.39, 0.29) is 35.9 Å². The lowest BCUT2D eigenvalue weighted by molar-refractivity contribution is -0.200. The van der Waals surface area contributed by atoms with Gasteiger partial charge in [-0.05, 0) is 62.0 Å². The molecule has 3 fully saturated rings. The minimum absolute atomic E-state index is 0.0169. The number of rotatable bonds is 7. The smallest absolute Gasteiger partial charge is 0.306 e. The lowest BCUT2D eigenvalue weighted by Crippen LogP contribution is -2.63. The molecule has 7 nitrogen and oxygen atoms in total. The first-order valence-electron chi connectivity index (χ1n) is 13.4. The number of ketones is 2. The second-order valence-electron chi connectivity index (χ2n) is 11.9. The number of hydrogen-bond donors (Lipinski definition) is 1. The van der Waals surface area contributed by atoms with E-state index in [0.29, 0.717) is 25.7 Å². The summed E-state index contributed by atoms with van der Waals surface area (Å²) in [5.41, 5.74) is -1.61. The Hall–Kier alpha value is -2.28. The van der Waals surface area contributed by atoms with E-state index >= 15 is 0 Å². The molecular weight excluding hydrogens is 460 g/mol. The Bertz CT molecular complexity index is 1010. The molecule has 198 valence electrons. The first-order valence-corrected chi connectivity index (χ1v) is 13.4. The molecule has 8 atom stereocenters. The molecule has 0 amide bonds. The number of aliphatic hydroxyl groups excluding tert-OH is 1. The fourth-order valence-corrected chi connectivity index (χ4v) is 8.32. The fraction of sp³-hybridized carbons (Fsp3) is 0.724. The van der Waals surface area contributed by atoms with Crippen molar-refractivity contribution in [1.29, 1.82) is 0 Å². The molecule has 4 aliphatic carbocycles. The standard InChI is InChI=1S/C29H40O7/c1-6-7-8-25(34)35-16-24(33)29(36-18(3)30)12-10-21-20-13-17(2)22-14-19(31)9-11-27(22,4)26(20)23(32)15-28(21,29)5/h9,11,14,17,20-21,23,26,32H,6-8,10,12-13,15-16H2,1-5H3/t17-,20-,21-,23-,26+,27-,28-,29-/m0/s1. The molecule has 4 aliphatic rings. The van der Waals surface area contributed by atoms with Gasteiger partial charge in [0.2, 0.25) is 5.78 Å². The summed E-state index contributed by atoms with van der Waals surface area (Å²) in [6.45, 7) is 9.03. The summed E-state index contributed by atoms with van der Waals surface area (Å²) < 4.78 is 11.2. The molecule has 1 N–H and O–H groups in total. The minimum Gasteiger partial charge on any atom is -0.457 e. The first kappa shape index (κ1) is 26.8. The predicted octanol–water partition coefficient (Wildman–Crippen LogP) is 4.12. The van der Waals surface area contributed by atoms with Crippen molar-refractivity contribution in [2.45, 2.75) is 91.3 Å². The summed E-state index contributed by atoms with van der Waals surface area (Å²) in [5, 5.41) is 11.7. The SMILES string of the molecule is CCCCC(=O)OCC(=O)[C@@]1(OC(C)=O)CC[C@H]2[C@@H]3C[C@H](C)C4=CC(=O)C=C[C@]4(C)[C@H]3[C@@H](O)C[C@@]21C. The lowest BCUT2D eigenvalue weighted by Gasteiger charge is -2.61. The van der Waals surface area contributed by atoms with Gasteiger partial charge in [-0.3, -0.25) is 19.2 Å². The van der Waals surface area contributed by atoms with E-state index in [1.165, 1.54) is 6.92 Å².